The van der Waals surface area contributed by atoms with E-state index in [-0.39, 0.29) is 0 Å². The first kappa shape index (κ1) is 31.9. The van der Waals surface area contributed by atoms with Crippen molar-refractivity contribution in [2.75, 3.05) is 0 Å². The molecule has 0 atom stereocenters. The van der Waals surface area contributed by atoms with Crippen molar-refractivity contribution in [1.82, 2.24) is 19.1 Å². The Hall–Kier alpha value is -7.56. The minimum Gasteiger partial charge on any atom is -0.309 e. The lowest BCUT2D eigenvalue weighted by Gasteiger charge is -2.14. The molecule has 0 aliphatic heterocycles. The maximum atomic E-state index is 5.30. The maximum Gasteiger partial charge on any atom is 0.160 e. The van der Waals surface area contributed by atoms with Crippen molar-refractivity contribution in [2.24, 2.45) is 0 Å². The lowest BCUT2D eigenvalue weighted by Crippen LogP contribution is -1.97. The first-order valence-electron chi connectivity index (χ1n) is 19.0. The number of benzene rings is 8. The van der Waals surface area contributed by atoms with Crippen LogP contribution in [-0.4, -0.2) is 19.1 Å². The van der Waals surface area contributed by atoms with E-state index in [1.54, 1.807) is 0 Å². The molecule has 3 aromatic heterocycles. The average molecular weight is 715 g/mol. The highest BCUT2D eigenvalue weighted by atomic mass is 15.0. The topological polar surface area (TPSA) is 35.6 Å². The maximum absolute atomic E-state index is 5.30. The van der Waals surface area contributed by atoms with Crippen molar-refractivity contribution in [3.8, 4) is 56.4 Å². The van der Waals surface area contributed by atoms with Crippen molar-refractivity contribution in [1.29, 1.82) is 0 Å². The highest BCUT2D eigenvalue weighted by molar-refractivity contribution is 6.18. The van der Waals surface area contributed by atoms with E-state index >= 15 is 0 Å². The van der Waals surface area contributed by atoms with Gasteiger partial charge in [0.05, 0.1) is 33.5 Å². The molecule has 0 spiro atoms. The quantitative estimate of drug-likeness (QED) is 0.172. The standard InChI is InChI=1S/C52H34N4/c1-5-17-35(18-6-1)45-34-46(54-52(53-45)36-19-7-2-8-20-36)38-32-43(51-42-26-14-16-28-48(42)56(50(51)33-38)40-23-11-4-12-24-40)37-29-30-49-44(31-37)41-25-13-15-27-47(41)55(49)39-21-9-3-10-22-39/h1-34H. The molecular weight excluding hydrogens is 681 g/mol. The molecule has 4 heteroatoms. The van der Waals surface area contributed by atoms with Crippen LogP contribution in [0, 0.1) is 0 Å². The third kappa shape index (κ3) is 5.23. The predicted octanol–water partition coefficient (Wildman–Crippen LogP) is 13.3. The van der Waals surface area contributed by atoms with E-state index < -0.39 is 0 Å². The van der Waals surface area contributed by atoms with Crippen molar-refractivity contribution in [3.63, 3.8) is 0 Å². The van der Waals surface area contributed by atoms with Gasteiger partial charge in [-0.3, -0.25) is 0 Å². The highest BCUT2D eigenvalue weighted by Crippen LogP contribution is 2.43. The van der Waals surface area contributed by atoms with E-state index in [4.69, 9.17) is 9.97 Å². The normalized spacial score (nSPS) is 11.6. The predicted molar refractivity (Wildman–Crippen MR) is 232 cm³/mol. The van der Waals surface area contributed by atoms with E-state index in [2.05, 4.69) is 191 Å². The summed E-state index contributed by atoms with van der Waals surface area (Å²) in [6.45, 7) is 0. The van der Waals surface area contributed by atoms with E-state index in [1.807, 2.05) is 24.3 Å². The minimum atomic E-state index is 0.697. The Labute approximate surface area is 324 Å². The van der Waals surface area contributed by atoms with Gasteiger partial charge in [-0.05, 0) is 77.9 Å². The minimum absolute atomic E-state index is 0.697. The fraction of sp³-hybridized carbons (Fsp3) is 0. The molecule has 56 heavy (non-hydrogen) atoms. The molecule has 11 aromatic rings. The lowest BCUT2D eigenvalue weighted by atomic mass is 9.94. The number of nitrogens with zero attached hydrogens (tertiary/aromatic N) is 4. The molecule has 0 unspecified atom stereocenters. The summed E-state index contributed by atoms with van der Waals surface area (Å²) in [5.74, 6) is 0.697. The number of fused-ring (bicyclic) bond motifs is 6. The zero-order valence-electron chi connectivity index (χ0n) is 30.4. The second-order valence-electron chi connectivity index (χ2n) is 14.2. The third-order valence-electron chi connectivity index (χ3n) is 10.9. The van der Waals surface area contributed by atoms with Gasteiger partial charge >= 0.3 is 0 Å². The van der Waals surface area contributed by atoms with Crippen LogP contribution in [0.2, 0.25) is 0 Å². The van der Waals surface area contributed by atoms with Gasteiger partial charge < -0.3 is 9.13 Å². The molecule has 0 fully saturated rings. The van der Waals surface area contributed by atoms with Crippen molar-refractivity contribution < 1.29 is 0 Å². The molecule has 4 nitrogen and oxygen atoms in total. The van der Waals surface area contributed by atoms with Crippen molar-refractivity contribution in [3.05, 3.63) is 206 Å². The Kier molecular flexibility index (Phi) is 7.46. The zero-order chi connectivity index (χ0) is 37.0. The van der Waals surface area contributed by atoms with Gasteiger partial charge in [0.1, 0.15) is 0 Å². The van der Waals surface area contributed by atoms with Crippen LogP contribution in [0.4, 0.5) is 0 Å². The van der Waals surface area contributed by atoms with Crippen LogP contribution in [-0.2, 0) is 0 Å². The number of hydrogen-bond acceptors (Lipinski definition) is 2. The SMILES string of the molecule is c1ccc(-c2cc(-c3cc(-c4ccc5c(c4)c4ccccc4n5-c4ccccc4)c4c5ccccc5n(-c5ccccc5)c4c3)nc(-c3ccccc3)n2)cc1. The molecule has 8 aromatic carbocycles. The summed E-state index contributed by atoms with van der Waals surface area (Å²) >= 11 is 0. The van der Waals surface area contributed by atoms with E-state index in [9.17, 15) is 0 Å². The number of para-hydroxylation sites is 4. The molecule has 0 saturated carbocycles. The Morgan fingerprint density at radius 2 is 0.804 bits per heavy atom. The van der Waals surface area contributed by atoms with Gasteiger partial charge in [0, 0.05) is 49.6 Å². The summed E-state index contributed by atoms with van der Waals surface area (Å²) in [7, 11) is 0. The molecule has 262 valence electrons. The Bertz CT molecular complexity index is 3160. The summed E-state index contributed by atoms with van der Waals surface area (Å²) < 4.78 is 4.77. The average Bonchev–Trinajstić information content (AvgIpc) is 3.80. The van der Waals surface area contributed by atoms with Gasteiger partial charge in [0.15, 0.2) is 5.82 Å². The van der Waals surface area contributed by atoms with Crippen LogP contribution >= 0.6 is 0 Å². The molecule has 0 aliphatic carbocycles. The number of rotatable bonds is 6. The van der Waals surface area contributed by atoms with Crippen LogP contribution in [0.15, 0.2) is 206 Å². The van der Waals surface area contributed by atoms with Gasteiger partial charge in [-0.2, -0.15) is 0 Å². The van der Waals surface area contributed by atoms with E-state index in [1.165, 1.54) is 32.6 Å². The molecule has 0 amide bonds. The van der Waals surface area contributed by atoms with Gasteiger partial charge in [0.2, 0.25) is 0 Å². The molecule has 0 saturated heterocycles. The first-order chi connectivity index (χ1) is 27.8. The van der Waals surface area contributed by atoms with Gasteiger partial charge in [-0.1, -0.05) is 140 Å². The summed E-state index contributed by atoms with van der Waals surface area (Å²) in [4.78, 5) is 10.4. The summed E-state index contributed by atoms with van der Waals surface area (Å²) in [5, 5.41) is 4.85. The Balaban J connectivity index is 1.23. The molecule has 3 heterocycles. The second kappa shape index (κ2) is 13.1. The second-order valence-corrected chi connectivity index (χ2v) is 14.2. The van der Waals surface area contributed by atoms with Crippen LogP contribution in [0.25, 0.3) is 100 Å². The van der Waals surface area contributed by atoms with Crippen molar-refractivity contribution >= 4 is 43.6 Å². The number of aromatic nitrogens is 4. The van der Waals surface area contributed by atoms with E-state index in [0.29, 0.717) is 5.82 Å². The highest BCUT2D eigenvalue weighted by Gasteiger charge is 2.21. The lowest BCUT2D eigenvalue weighted by molar-refractivity contribution is 1.17. The summed E-state index contributed by atoms with van der Waals surface area (Å²) in [6, 6.07) is 73.2. The molecule has 0 aliphatic rings. The van der Waals surface area contributed by atoms with Gasteiger partial charge in [0.25, 0.3) is 0 Å². The molecule has 0 bridgehead atoms. The Morgan fingerprint density at radius 1 is 0.304 bits per heavy atom. The summed E-state index contributed by atoms with van der Waals surface area (Å²) in [6.07, 6.45) is 0. The molecular formula is C52H34N4. The first-order valence-corrected chi connectivity index (χ1v) is 19.0. The zero-order valence-corrected chi connectivity index (χ0v) is 30.4. The molecule has 0 N–H and O–H groups in total. The monoisotopic (exact) mass is 714 g/mol. The van der Waals surface area contributed by atoms with E-state index in [0.717, 1.165) is 61.6 Å². The third-order valence-corrected chi connectivity index (χ3v) is 10.9. The van der Waals surface area contributed by atoms with Gasteiger partial charge in [-0.15, -0.1) is 0 Å². The van der Waals surface area contributed by atoms with Crippen LogP contribution < -0.4 is 0 Å². The van der Waals surface area contributed by atoms with Gasteiger partial charge in [-0.25, -0.2) is 9.97 Å². The fourth-order valence-electron chi connectivity index (χ4n) is 8.39. The smallest absolute Gasteiger partial charge is 0.160 e. The Morgan fingerprint density at radius 3 is 1.46 bits per heavy atom. The van der Waals surface area contributed by atoms with Crippen LogP contribution in [0.5, 0.6) is 0 Å². The van der Waals surface area contributed by atoms with Crippen molar-refractivity contribution in [2.45, 2.75) is 0 Å². The number of hydrogen-bond donors (Lipinski definition) is 0. The van der Waals surface area contributed by atoms with Crippen LogP contribution in [0.1, 0.15) is 0 Å². The molecule has 11 rings (SSSR count). The molecule has 0 radical (unpaired) electrons. The van der Waals surface area contributed by atoms with Crippen LogP contribution in [0.3, 0.4) is 0 Å². The largest absolute Gasteiger partial charge is 0.309 e. The summed E-state index contributed by atoms with van der Waals surface area (Å²) in [5.41, 5.74) is 14.0. The fourth-order valence-corrected chi connectivity index (χ4v) is 8.39.